The van der Waals surface area contributed by atoms with Crippen molar-refractivity contribution < 1.29 is 26.3 Å². The highest BCUT2D eigenvalue weighted by molar-refractivity contribution is 7.89. The summed E-state index contributed by atoms with van der Waals surface area (Å²) in [5.74, 6) is -0.00180. The lowest BCUT2D eigenvalue weighted by atomic mass is 10.1. The maximum Gasteiger partial charge on any atom is 0.429 e. The second-order valence-corrected chi connectivity index (χ2v) is 7.54. The molecule has 0 spiro atoms. The molecular formula is C18H16F3NO3S. The molecule has 0 amide bonds. The van der Waals surface area contributed by atoms with Gasteiger partial charge in [0, 0.05) is 12.1 Å². The second kappa shape index (κ2) is 7.13. The normalized spacial score (nSPS) is 16.8. The van der Waals surface area contributed by atoms with Gasteiger partial charge in [-0.05, 0) is 36.3 Å². The molecule has 4 nitrogen and oxygen atoms in total. The van der Waals surface area contributed by atoms with E-state index in [1.165, 1.54) is 24.3 Å². The molecule has 2 aromatic carbocycles. The molecule has 1 heterocycles. The van der Waals surface area contributed by atoms with Crippen molar-refractivity contribution in [3.63, 3.8) is 0 Å². The number of rotatable bonds is 5. The quantitative estimate of drug-likeness (QED) is 0.859. The van der Waals surface area contributed by atoms with Crippen molar-refractivity contribution in [2.45, 2.75) is 23.6 Å². The van der Waals surface area contributed by atoms with Crippen LogP contribution >= 0.6 is 0 Å². The van der Waals surface area contributed by atoms with Gasteiger partial charge >= 0.3 is 6.18 Å². The van der Waals surface area contributed by atoms with E-state index in [-0.39, 0.29) is 22.8 Å². The Morgan fingerprint density at radius 1 is 1.08 bits per heavy atom. The molecule has 1 unspecified atom stereocenters. The van der Waals surface area contributed by atoms with Crippen molar-refractivity contribution in [3.05, 3.63) is 65.7 Å². The number of ether oxygens (including phenoxy) is 1. The number of hydrogen-bond donors (Lipinski definition) is 1. The smallest absolute Gasteiger partial charge is 0.429 e. The largest absolute Gasteiger partial charge is 0.476 e. The number of sulfonamides is 1. The maximum absolute atomic E-state index is 12.7. The van der Waals surface area contributed by atoms with Crippen LogP contribution in [0, 0.1) is 0 Å². The fourth-order valence-electron chi connectivity index (χ4n) is 2.53. The van der Waals surface area contributed by atoms with Crippen LogP contribution in [0.3, 0.4) is 0 Å². The fourth-order valence-corrected chi connectivity index (χ4v) is 3.60. The molecule has 8 heteroatoms. The predicted octanol–water partition coefficient (Wildman–Crippen LogP) is 3.54. The average Bonchev–Trinajstić information content (AvgIpc) is 2.61. The first-order valence-electron chi connectivity index (χ1n) is 7.85. The Bertz CT molecular complexity index is 909. The number of alkyl halides is 3. The van der Waals surface area contributed by atoms with Crippen molar-refractivity contribution in [1.82, 2.24) is 4.72 Å². The number of benzene rings is 2. The van der Waals surface area contributed by atoms with Crippen LogP contribution in [0.5, 0.6) is 5.75 Å². The molecule has 1 aliphatic heterocycles. The zero-order chi connectivity index (χ0) is 18.8. The van der Waals surface area contributed by atoms with Gasteiger partial charge in [-0.1, -0.05) is 36.4 Å². The summed E-state index contributed by atoms with van der Waals surface area (Å²) in [6, 6.07) is 13.2. The van der Waals surface area contributed by atoms with E-state index in [2.05, 4.69) is 4.72 Å². The summed E-state index contributed by atoms with van der Waals surface area (Å²) in [4.78, 5) is -0.0250. The molecule has 1 N–H and O–H groups in total. The van der Waals surface area contributed by atoms with E-state index in [9.17, 15) is 21.6 Å². The minimum Gasteiger partial charge on any atom is -0.476 e. The summed E-state index contributed by atoms with van der Waals surface area (Å²) in [5.41, 5.74) is 1.28. The van der Waals surface area contributed by atoms with Gasteiger partial charge < -0.3 is 4.74 Å². The third-order valence-corrected chi connectivity index (χ3v) is 5.33. The van der Waals surface area contributed by atoms with Crippen molar-refractivity contribution in [2.24, 2.45) is 0 Å². The molecule has 0 bridgehead atoms. The first-order valence-corrected chi connectivity index (χ1v) is 9.33. The lowest BCUT2D eigenvalue weighted by Gasteiger charge is -2.23. The molecular weight excluding hydrogens is 367 g/mol. The summed E-state index contributed by atoms with van der Waals surface area (Å²) >= 11 is 0. The first kappa shape index (κ1) is 18.5. The van der Waals surface area contributed by atoms with Gasteiger partial charge in [-0.15, -0.1) is 0 Å². The first-order chi connectivity index (χ1) is 12.3. The molecule has 138 valence electrons. The van der Waals surface area contributed by atoms with Gasteiger partial charge in [0.1, 0.15) is 5.75 Å². The molecule has 1 atom stereocenters. The zero-order valence-electron chi connectivity index (χ0n) is 13.5. The van der Waals surface area contributed by atoms with Crippen LogP contribution in [0.1, 0.15) is 11.1 Å². The average molecular weight is 383 g/mol. The van der Waals surface area contributed by atoms with Gasteiger partial charge in [0.25, 0.3) is 0 Å². The Balaban J connectivity index is 1.70. The number of halogens is 3. The molecule has 3 rings (SSSR count). The molecule has 0 radical (unpaired) electrons. The van der Waals surface area contributed by atoms with E-state index in [1.54, 1.807) is 0 Å². The van der Waals surface area contributed by atoms with Crippen LogP contribution in [0.2, 0.25) is 0 Å². The highest BCUT2D eigenvalue weighted by Crippen LogP contribution is 2.34. The summed E-state index contributed by atoms with van der Waals surface area (Å²) < 4.78 is 70.2. The lowest BCUT2D eigenvalue weighted by Crippen LogP contribution is -2.34. The van der Waals surface area contributed by atoms with Gasteiger partial charge in [-0.25, -0.2) is 13.1 Å². The van der Waals surface area contributed by atoms with Crippen LogP contribution in [0.4, 0.5) is 13.2 Å². The van der Waals surface area contributed by atoms with Crippen molar-refractivity contribution in [2.75, 3.05) is 6.54 Å². The Morgan fingerprint density at radius 3 is 2.50 bits per heavy atom. The molecule has 0 aromatic heterocycles. The number of nitrogens with one attached hydrogen (secondary N) is 1. The van der Waals surface area contributed by atoms with Gasteiger partial charge in [0.05, 0.1) is 4.90 Å². The van der Waals surface area contributed by atoms with E-state index in [1.807, 2.05) is 30.3 Å². The zero-order valence-corrected chi connectivity index (χ0v) is 14.3. The lowest BCUT2D eigenvalue weighted by molar-refractivity contribution is -0.180. The van der Waals surface area contributed by atoms with Gasteiger partial charge in [-0.3, -0.25) is 0 Å². The molecule has 0 aliphatic carbocycles. The van der Waals surface area contributed by atoms with Gasteiger partial charge in [0.15, 0.2) is 0 Å². The highest BCUT2D eigenvalue weighted by Gasteiger charge is 2.41. The summed E-state index contributed by atoms with van der Waals surface area (Å²) in [5, 5.41) is 0. The van der Waals surface area contributed by atoms with Crippen LogP contribution in [0.25, 0.3) is 6.08 Å². The van der Waals surface area contributed by atoms with Crippen molar-refractivity contribution in [1.29, 1.82) is 0 Å². The Labute approximate surface area is 149 Å². The van der Waals surface area contributed by atoms with E-state index in [0.717, 1.165) is 11.6 Å². The molecule has 1 aliphatic rings. The van der Waals surface area contributed by atoms with Crippen LogP contribution < -0.4 is 9.46 Å². The topological polar surface area (TPSA) is 55.4 Å². The molecule has 0 saturated carbocycles. The predicted molar refractivity (Wildman–Crippen MR) is 91.3 cm³/mol. The maximum atomic E-state index is 12.7. The number of fused-ring (bicyclic) bond motifs is 1. The standard InChI is InChI=1S/C18H16F3NO3S/c19-18(20,21)17-9-6-14-12-15(7-8-16(14)25-17)26(23,24)22-11-10-13-4-2-1-3-5-13/h1-9,12,17,22H,10-11H2. The Morgan fingerprint density at radius 2 is 1.81 bits per heavy atom. The Hall–Kier alpha value is -2.32. The second-order valence-electron chi connectivity index (χ2n) is 5.77. The minimum absolute atomic E-state index is 0.00180. The SMILES string of the molecule is O=S(=O)(NCCc1ccccc1)c1ccc2c(c1)C=CC(C(F)(F)F)O2. The van der Waals surface area contributed by atoms with Gasteiger partial charge in [-0.2, -0.15) is 13.2 Å². The fraction of sp³-hybridized carbons (Fsp3) is 0.222. The van der Waals surface area contributed by atoms with E-state index in [4.69, 9.17) is 4.74 Å². The van der Waals surface area contributed by atoms with E-state index in [0.29, 0.717) is 6.42 Å². The third kappa shape index (κ3) is 4.25. The summed E-state index contributed by atoms with van der Waals surface area (Å²) in [6.07, 6.45) is -3.93. The highest BCUT2D eigenvalue weighted by atomic mass is 32.2. The number of hydrogen-bond acceptors (Lipinski definition) is 3. The van der Waals surface area contributed by atoms with Crippen molar-refractivity contribution in [3.8, 4) is 5.75 Å². The van der Waals surface area contributed by atoms with Crippen LogP contribution in [-0.4, -0.2) is 27.2 Å². The Kier molecular flexibility index (Phi) is 5.06. The van der Waals surface area contributed by atoms with Crippen molar-refractivity contribution >= 4 is 16.1 Å². The minimum atomic E-state index is -4.52. The molecule has 2 aromatic rings. The summed E-state index contributed by atoms with van der Waals surface area (Å²) in [6.45, 7) is 0.214. The third-order valence-electron chi connectivity index (χ3n) is 3.87. The monoisotopic (exact) mass is 383 g/mol. The molecule has 0 saturated heterocycles. The summed E-state index contributed by atoms with van der Waals surface area (Å²) in [7, 11) is -3.77. The van der Waals surface area contributed by atoms with Crippen LogP contribution in [0.15, 0.2) is 59.5 Å². The molecule has 0 fully saturated rings. The van der Waals surface area contributed by atoms with E-state index < -0.39 is 22.3 Å². The van der Waals surface area contributed by atoms with Gasteiger partial charge in [0.2, 0.25) is 16.1 Å². The van der Waals surface area contributed by atoms with E-state index >= 15 is 0 Å². The molecule has 26 heavy (non-hydrogen) atoms. The van der Waals surface area contributed by atoms with Crippen LogP contribution in [-0.2, 0) is 16.4 Å².